The molecule has 1 rings (SSSR count). The van der Waals surface area contributed by atoms with Crippen molar-refractivity contribution in [2.24, 2.45) is 0 Å². The summed E-state index contributed by atoms with van der Waals surface area (Å²) < 4.78 is 15.7. The molecule has 0 spiro atoms. The smallest absolute Gasteiger partial charge is 0.321 e. The summed E-state index contributed by atoms with van der Waals surface area (Å²) in [5.41, 5.74) is 0.323. The largest absolute Gasteiger partial charge is 0.357 e. The molecule has 0 aliphatic carbocycles. The maximum absolute atomic E-state index is 11.3. The summed E-state index contributed by atoms with van der Waals surface area (Å²) in [4.78, 5) is 12.4. The van der Waals surface area contributed by atoms with Crippen LogP contribution in [0.3, 0.4) is 0 Å². The molecular formula is C8H8NO3P. The third kappa shape index (κ3) is 2.16. The van der Waals surface area contributed by atoms with Crippen LogP contribution in [0.25, 0.3) is 4.85 Å². The molecule has 0 saturated heterocycles. The number of hydrogen-bond donors (Lipinski definition) is 1. The Labute approximate surface area is 76.1 Å². The Morgan fingerprint density at radius 2 is 2.31 bits per heavy atom. The second kappa shape index (κ2) is 3.71. The molecular weight excluding hydrogens is 189 g/mol. The predicted molar refractivity (Wildman–Crippen MR) is 49.2 cm³/mol. The van der Waals surface area contributed by atoms with Crippen molar-refractivity contribution in [1.29, 1.82) is 0 Å². The first-order valence-corrected chi connectivity index (χ1v) is 5.04. The first kappa shape index (κ1) is 9.94. The van der Waals surface area contributed by atoms with Crippen molar-refractivity contribution in [3.8, 4) is 0 Å². The zero-order valence-corrected chi connectivity index (χ0v) is 7.86. The topological polar surface area (TPSA) is 50.9 Å². The summed E-state index contributed by atoms with van der Waals surface area (Å²) in [6.45, 7) is 6.71. The van der Waals surface area contributed by atoms with Crippen molar-refractivity contribution in [2.45, 2.75) is 0 Å². The molecule has 4 nitrogen and oxygen atoms in total. The molecule has 1 N–H and O–H groups in total. The average molecular weight is 197 g/mol. The highest BCUT2D eigenvalue weighted by Crippen LogP contribution is 2.39. The van der Waals surface area contributed by atoms with Gasteiger partial charge in [-0.3, -0.25) is 4.57 Å². The van der Waals surface area contributed by atoms with Gasteiger partial charge in [0, 0.05) is 7.11 Å². The van der Waals surface area contributed by atoms with E-state index in [1.165, 1.54) is 12.1 Å². The second-order valence-corrected chi connectivity index (χ2v) is 4.26. The summed E-state index contributed by atoms with van der Waals surface area (Å²) in [5, 5.41) is 0.142. The van der Waals surface area contributed by atoms with Gasteiger partial charge in [-0.2, -0.15) is 0 Å². The van der Waals surface area contributed by atoms with E-state index in [0.717, 1.165) is 7.11 Å². The van der Waals surface area contributed by atoms with Crippen molar-refractivity contribution in [3.05, 3.63) is 35.7 Å². The van der Waals surface area contributed by atoms with Gasteiger partial charge in [0.25, 0.3) is 0 Å². The standard InChI is InChI=1S/C8H8NO3P/c1-9-7-4-3-5-8(6-7)13(10,11)12-2/h3-6H,2H3,(H,10,11). The number of rotatable bonds is 2. The quantitative estimate of drug-likeness (QED) is 0.579. The number of benzene rings is 1. The molecule has 0 bridgehead atoms. The Balaban J connectivity index is 3.18. The Hall–Kier alpha value is -1.14. The van der Waals surface area contributed by atoms with Crippen LogP contribution in [-0.4, -0.2) is 12.0 Å². The van der Waals surface area contributed by atoms with Gasteiger partial charge in [0.1, 0.15) is 0 Å². The summed E-state index contributed by atoms with van der Waals surface area (Å²) >= 11 is 0. The fourth-order valence-electron chi connectivity index (χ4n) is 0.844. The van der Waals surface area contributed by atoms with E-state index in [2.05, 4.69) is 9.37 Å². The molecule has 0 amide bonds. The molecule has 1 aromatic carbocycles. The predicted octanol–water partition coefficient (Wildman–Crippen LogP) is 1.69. The van der Waals surface area contributed by atoms with Gasteiger partial charge < -0.3 is 9.42 Å². The summed E-state index contributed by atoms with van der Waals surface area (Å²) in [6.07, 6.45) is 0. The van der Waals surface area contributed by atoms with Crippen LogP contribution in [0.4, 0.5) is 5.69 Å². The minimum atomic E-state index is -3.71. The molecule has 1 aromatic rings. The van der Waals surface area contributed by atoms with E-state index in [-0.39, 0.29) is 5.30 Å². The monoisotopic (exact) mass is 197 g/mol. The van der Waals surface area contributed by atoms with Crippen molar-refractivity contribution in [2.75, 3.05) is 7.11 Å². The normalized spacial score (nSPS) is 14.5. The van der Waals surface area contributed by atoms with Gasteiger partial charge in [0.15, 0.2) is 5.69 Å². The number of hydrogen-bond acceptors (Lipinski definition) is 2. The van der Waals surface area contributed by atoms with Gasteiger partial charge in [0.2, 0.25) is 0 Å². The lowest BCUT2D eigenvalue weighted by Crippen LogP contribution is -2.04. The SMILES string of the molecule is [C-]#[N+]c1cccc(P(=O)(O)OC)c1. The maximum atomic E-state index is 11.3. The van der Waals surface area contributed by atoms with Crippen molar-refractivity contribution >= 4 is 18.6 Å². The van der Waals surface area contributed by atoms with Gasteiger partial charge in [-0.15, -0.1) is 0 Å². The van der Waals surface area contributed by atoms with E-state index in [1.54, 1.807) is 12.1 Å². The van der Waals surface area contributed by atoms with Gasteiger partial charge in [-0.25, -0.2) is 4.85 Å². The molecule has 0 fully saturated rings. The average Bonchev–Trinajstić information content (AvgIpc) is 2.18. The molecule has 5 heteroatoms. The van der Waals surface area contributed by atoms with Crippen molar-refractivity contribution in [3.63, 3.8) is 0 Å². The Bertz CT molecular complexity index is 397. The molecule has 1 atom stereocenters. The van der Waals surface area contributed by atoms with Crippen LogP contribution in [0.15, 0.2) is 24.3 Å². The van der Waals surface area contributed by atoms with Crippen LogP contribution in [0.5, 0.6) is 0 Å². The van der Waals surface area contributed by atoms with Crippen molar-refractivity contribution in [1.82, 2.24) is 0 Å². The Kier molecular flexibility index (Phi) is 2.84. The lowest BCUT2D eigenvalue weighted by atomic mass is 10.3. The van der Waals surface area contributed by atoms with Crippen LogP contribution in [0.2, 0.25) is 0 Å². The first-order valence-electron chi connectivity index (χ1n) is 3.47. The lowest BCUT2D eigenvalue weighted by Gasteiger charge is -2.08. The highest BCUT2D eigenvalue weighted by molar-refractivity contribution is 7.61. The fourth-order valence-corrected chi connectivity index (χ4v) is 1.62. The van der Waals surface area contributed by atoms with E-state index in [0.29, 0.717) is 5.69 Å². The molecule has 0 aromatic heterocycles. The summed E-state index contributed by atoms with van der Waals surface area (Å²) in [6, 6.07) is 5.91. The molecule has 1 unspecified atom stereocenters. The zero-order valence-electron chi connectivity index (χ0n) is 6.97. The molecule has 0 heterocycles. The van der Waals surface area contributed by atoms with Crippen LogP contribution in [0, 0.1) is 6.57 Å². The van der Waals surface area contributed by atoms with Gasteiger partial charge >= 0.3 is 7.60 Å². The van der Waals surface area contributed by atoms with Crippen LogP contribution in [-0.2, 0) is 9.09 Å². The lowest BCUT2D eigenvalue weighted by molar-refractivity contribution is 0.328. The minimum absolute atomic E-state index is 0.142. The highest BCUT2D eigenvalue weighted by Gasteiger charge is 2.20. The summed E-state index contributed by atoms with van der Waals surface area (Å²) in [7, 11) is -2.55. The Morgan fingerprint density at radius 1 is 1.62 bits per heavy atom. The molecule has 0 radical (unpaired) electrons. The summed E-state index contributed by atoms with van der Waals surface area (Å²) in [5.74, 6) is 0. The van der Waals surface area contributed by atoms with E-state index >= 15 is 0 Å². The minimum Gasteiger partial charge on any atom is -0.321 e. The van der Waals surface area contributed by atoms with E-state index in [4.69, 9.17) is 6.57 Å². The highest BCUT2D eigenvalue weighted by atomic mass is 31.2. The van der Waals surface area contributed by atoms with Gasteiger partial charge in [-0.1, -0.05) is 12.1 Å². The van der Waals surface area contributed by atoms with Gasteiger partial charge in [-0.05, 0) is 12.1 Å². The van der Waals surface area contributed by atoms with E-state index in [9.17, 15) is 9.46 Å². The fraction of sp³-hybridized carbons (Fsp3) is 0.125. The Morgan fingerprint density at radius 3 is 2.85 bits per heavy atom. The first-order chi connectivity index (χ1) is 6.10. The van der Waals surface area contributed by atoms with E-state index in [1.807, 2.05) is 0 Å². The molecule has 0 saturated carbocycles. The zero-order chi connectivity index (χ0) is 9.90. The maximum Gasteiger partial charge on any atom is 0.357 e. The molecule has 68 valence electrons. The third-order valence-corrected chi connectivity index (χ3v) is 2.96. The van der Waals surface area contributed by atoms with Crippen LogP contribution in [0.1, 0.15) is 0 Å². The van der Waals surface area contributed by atoms with E-state index < -0.39 is 7.60 Å². The van der Waals surface area contributed by atoms with Crippen LogP contribution >= 0.6 is 7.60 Å². The molecule has 13 heavy (non-hydrogen) atoms. The molecule has 0 aliphatic rings. The molecule has 0 aliphatic heterocycles. The van der Waals surface area contributed by atoms with Crippen LogP contribution < -0.4 is 5.30 Å². The van der Waals surface area contributed by atoms with Crippen molar-refractivity contribution < 1.29 is 14.0 Å². The van der Waals surface area contributed by atoms with Gasteiger partial charge in [0.05, 0.1) is 11.9 Å². The number of nitrogens with zero attached hydrogens (tertiary/aromatic N) is 1. The third-order valence-electron chi connectivity index (χ3n) is 1.53. The second-order valence-electron chi connectivity index (χ2n) is 2.33.